The second-order valence-corrected chi connectivity index (χ2v) is 17.2. The molecule has 0 unspecified atom stereocenters. The Bertz CT molecular complexity index is 677. The third-order valence-electron chi connectivity index (χ3n) is 8.16. The summed E-state index contributed by atoms with van der Waals surface area (Å²) in [6, 6.07) is 0. The summed E-state index contributed by atoms with van der Waals surface area (Å²) in [7, 11) is -1.98. The van der Waals surface area contributed by atoms with Crippen LogP contribution in [-0.4, -0.2) is 50.9 Å². The molecule has 1 fully saturated rings. The average molecular weight is 511 g/mol. The van der Waals surface area contributed by atoms with Crippen LogP contribution in [0, 0.1) is 29.6 Å². The molecule has 35 heavy (non-hydrogen) atoms. The number of hydrogen-bond donors (Lipinski definition) is 1. The lowest BCUT2D eigenvalue weighted by molar-refractivity contribution is -0.126. The number of ketones is 1. The molecule has 0 aliphatic carbocycles. The van der Waals surface area contributed by atoms with Gasteiger partial charge in [0.05, 0.1) is 25.4 Å². The first-order valence-electron chi connectivity index (χ1n) is 13.5. The van der Waals surface area contributed by atoms with Crippen molar-refractivity contribution >= 4 is 14.1 Å². The lowest BCUT2D eigenvalue weighted by Crippen LogP contribution is -2.49. The second-order valence-electron chi connectivity index (χ2n) is 12.4. The quantitative estimate of drug-likeness (QED) is 0.194. The molecule has 1 aliphatic heterocycles. The number of hydrogen-bond acceptors (Lipinski definition) is 5. The third-order valence-corrected chi connectivity index (χ3v) is 12.6. The number of rotatable bonds is 15. The van der Waals surface area contributed by atoms with Gasteiger partial charge >= 0.3 is 0 Å². The summed E-state index contributed by atoms with van der Waals surface area (Å²) in [5.41, 5.74) is 0. The van der Waals surface area contributed by atoms with Crippen molar-refractivity contribution in [3.8, 4) is 0 Å². The van der Waals surface area contributed by atoms with Crippen LogP contribution in [0.2, 0.25) is 18.1 Å². The molecular formula is C29H54O5Si. The molecular weight excluding hydrogens is 456 g/mol. The smallest absolute Gasteiger partial charge is 0.192 e. The highest BCUT2D eigenvalue weighted by molar-refractivity contribution is 6.74. The largest absolute Gasteiger partial charge is 0.413 e. The summed E-state index contributed by atoms with van der Waals surface area (Å²) in [4.78, 5) is 12.8. The minimum absolute atomic E-state index is 0.0374. The van der Waals surface area contributed by atoms with Gasteiger partial charge in [0, 0.05) is 24.2 Å². The van der Waals surface area contributed by atoms with E-state index in [4.69, 9.17) is 13.9 Å². The molecule has 204 valence electrons. The van der Waals surface area contributed by atoms with Crippen molar-refractivity contribution in [1.29, 1.82) is 0 Å². The summed E-state index contributed by atoms with van der Waals surface area (Å²) in [6.45, 7) is 26.8. The van der Waals surface area contributed by atoms with E-state index in [1.807, 2.05) is 26.0 Å². The van der Waals surface area contributed by atoms with Gasteiger partial charge < -0.3 is 19.0 Å². The summed E-state index contributed by atoms with van der Waals surface area (Å²) in [5.74, 6) is 0.486. The Labute approximate surface area is 216 Å². The molecule has 6 heteroatoms. The Morgan fingerprint density at radius 1 is 1.14 bits per heavy atom. The zero-order chi connectivity index (χ0) is 27.0. The van der Waals surface area contributed by atoms with Crippen LogP contribution >= 0.6 is 0 Å². The molecule has 0 aromatic carbocycles. The third kappa shape index (κ3) is 9.88. The van der Waals surface area contributed by atoms with Crippen molar-refractivity contribution in [3.63, 3.8) is 0 Å². The van der Waals surface area contributed by atoms with E-state index in [2.05, 4.69) is 61.2 Å². The van der Waals surface area contributed by atoms with Gasteiger partial charge in [-0.2, -0.15) is 0 Å². The van der Waals surface area contributed by atoms with Gasteiger partial charge in [0.2, 0.25) is 0 Å². The molecule has 1 saturated heterocycles. The highest BCUT2D eigenvalue weighted by atomic mass is 28.4. The van der Waals surface area contributed by atoms with E-state index in [1.54, 1.807) is 6.08 Å². The topological polar surface area (TPSA) is 65.0 Å². The van der Waals surface area contributed by atoms with Crippen LogP contribution in [0.15, 0.2) is 24.8 Å². The number of carbonyl (C=O) groups excluding carboxylic acids is 1. The monoisotopic (exact) mass is 510 g/mol. The second kappa shape index (κ2) is 14.2. The van der Waals surface area contributed by atoms with Gasteiger partial charge in [-0.05, 0) is 42.8 Å². The maximum absolute atomic E-state index is 12.8. The molecule has 7 atom stereocenters. The number of aliphatic hydroxyl groups is 1. The summed E-state index contributed by atoms with van der Waals surface area (Å²) in [5, 5.41) is 10.7. The molecule has 1 aliphatic rings. The first kappa shape index (κ1) is 32.2. The number of allylic oxidation sites excluding steroid dienone is 2. The Balaban J connectivity index is 2.78. The first-order valence-corrected chi connectivity index (χ1v) is 16.4. The molecule has 0 aromatic heterocycles. The Morgan fingerprint density at radius 2 is 1.71 bits per heavy atom. The van der Waals surface area contributed by atoms with E-state index in [0.29, 0.717) is 31.5 Å². The Kier molecular flexibility index (Phi) is 13.1. The fourth-order valence-electron chi connectivity index (χ4n) is 4.61. The highest BCUT2D eigenvalue weighted by Gasteiger charge is 2.43. The van der Waals surface area contributed by atoms with E-state index in [9.17, 15) is 9.90 Å². The average Bonchev–Trinajstić information content (AvgIpc) is 3.32. The van der Waals surface area contributed by atoms with Gasteiger partial charge in [0.25, 0.3) is 0 Å². The van der Waals surface area contributed by atoms with E-state index < -0.39 is 14.4 Å². The Hall–Kier alpha value is -0.793. The van der Waals surface area contributed by atoms with Gasteiger partial charge in [-0.15, -0.1) is 0 Å². The molecule has 0 bridgehead atoms. The number of aliphatic hydroxyl groups excluding tert-OH is 1. The van der Waals surface area contributed by atoms with Crippen molar-refractivity contribution in [1.82, 2.24) is 0 Å². The van der Waals surface area contributed by atoms with Crippen molar-refractivity contribution in [2.75, 3.05) is 13.2 Å². The molecule has 0 saturated carbocycles. The lowest BCUT2D eigenvalue weighted by atomic mass is 9.83. The highest BCUT2D eigenvalue weighted by Crippen LogP contribution is 2.41. The standard InChI is InChI=1S/C29H54O5Si/c1-12-13-14-21(3)26(31)23(5)25(30)16-15-20(2)19-22(4)27(24(6)28-32-17-18-33-28)34-35(10,11)29(7,8)9/h12-14,20-24,26-28,31H,1,15-19H2,2-11H3/b14-13-/t20-,21-,22-,23-,24+,26-,27+/m0/s1. The molecule has 1 N–H and O–H groups in total. The number of carbonyl (C=O) groups is 1. The maximum Gasteiger partial charge on any atom is 0.192 e. The van der Waals surface area contributed by atoms with Crippen LogP contribution in [0.3, 0.4) is 0 Å². The predicted octanol–water partition coefficient (Wildman–Crippen LogP) is 6.77. The Morgan fingerprint density at radius 3 is 2.23 bits per heavy atom. The van der Waals surface area contributed by atoms with Gasteiger partial charge in [0.1, 0.15) is 5.78 Å². The van der Waals surface area contributed by atoms with Gasteiger partial charge in [0.15, 0.2) is 14.6 Å². The minimum Gasteiger partial charge on any atom is -0.413 e. The summed E-state index contributed by atoms with van der Waals surface area (Å²) >= 11 is 0. The number of ether oxygens (including phenoxy) is 2. The minimum atomic E-state index is -1.98. The predicted molar refractivity (Wildman–Crippen MR) is 148 cm³/mol. The number of Topliss-reactive ketones (excluding diaryl/α,β-unsaturated/α-hetero) is 1. The lowest BCUT2D eigenvalue weighted by Gasteiger charge is -2.44. The fraction of sp³-hybridized carbons (Fsp3) is 0.828. The zero-order valence-electron chi connectivity index (χ0n) is 24.2. The van der Waals surface area contributed by atoms with Crippen LogP contribution in [0.4, 0.5) is 0 Å². The molecule has 1 heterocycles. The maximum atomic E-state index is 12.8. The summed E-state index contributed by atoms with van der Waals surface area (Å²) in [6.07, 6.45) is 6.82. The van der Waals surface area contributed by atoms with Crippen LogP contribution in [0.25, 0.3) is 0 Å². The normalized spacial score (nSPS) is 21.9. The van der Waals surface area contributed by atoms with Crippen molar-refractivity contribution < 1.29 is 23.8 Å². The molecule has 1 rings (SSSR count). The molecule has 5 nitrogen and oxygen atoms in total. The van der Waals surface area contributed by atoms with E-state index in [0.717, 1.165) is 12.8 Å². The van der Waals surface area contributed by atoms with E-state index in [-0.39, 0.29) is 41.0 Å². The molecule has 0 amide bonds. The van der Waals surface area contributed by atoms with Crippen LogP contribution in [0.1, 0.15) is 74.7 Å². The van der Waals surface area contributed by atoms with Crippen molar-refractivity contribution in [2.45, 2.75) is 111 Å². The molecule has 0 spiro atoms. The molecule has 0 aromatic rings. The SMILES string of the molecule is C=C/C=C\[C@H](C)[C@H](O)[C@@H](C)C(=O)CC[C@H](C)C[C@H](C)[C@@H](O[Si](C)(C)C(C)(C)C)[C@@H](C)C1OCCO1. The van der Waals surface area contributed by atoms with Gasteiger partial charge in [-0.1, -0.05) is 80.2 Å². The van der Waals surface area contributed by atoms with Crippen LogP contribution < -0.4 is 0 Å². The first-order chi connectivity index (χ1) is 16.1. The molecule has 0 radical (unpaired) electrons. The fourth-order valence-corrected chi connectivity index (χ4v) is 6.09. The van der Waals surface area contributed by atoms with Crippen LogP contribution in [-0.2, 0) is 18.7 Å². The summed E-state index contributed by atoms with van der Waals surface area (Å²) < 4.78 is 18.7. The van der Waals surface area contributed by atoms with E-state index in [1.165, 1.54) is 0 Å². The van der Waals surface area contributed by atoms with E-state index >= 15 is 0 Å². The van der Waals surface area contributed by atoms with Crippen molar-refractivity contribution in [3.05, 3.63) is 24.8 Å². The van der Waals surface area contributed by atoms with Gasteiger partial charge in [-0.3, -0.25) is 4.79 Å². The van der Waals surface area contributed by atoms with Crippen LogP contribution in [0.5, 0.6) is 0 Å². The van der Waals surface area contributed by atoms with Gasteiger partial charge in [-0.25, -0.2) is 0 Å². The van der Waals surface area contributed by atoms with Crippen molar-refractivity contribution in [2.24, 2.45) is 29.6 Å². The zero-order valence-corrected chi connectivity index (χ0v) is 25.2.